The first-order valence-electron chi connectivity index (χ1n) is 11.0. The molecule has 2 N–H and O–H groups in total. The Balaban J connectivity index is 1.14. The minimum atomic E-state index is -0.280. The van der Waals surface area contributed by atoms with Crippen LogP contribution in [0.4, 0.5) is 4.79 Å². The number of nitrogens with zero attached hydrogens (tertiary/aromatic N) is 2. The lowest BCUT2D eigenvalue weighted by Gasteiger charge is -2.32. The van der Waals surface area contributed by atoms with Crippen molar-refractivity contribution >= 4 is 33.8 Å². The largest absolute Gasteiger partial charge is 0.338 e. The summed E-state index contributed by atoms with van der Waals surface area (Å²) in [6, 6.07) is 15.5. The molecule has 2 heterocycles. The van der Waals surface area contributed by atoms with Gasteiger partial charge in [-0.15, -0.1) is 0 Å². The average Bonchev–Trinajstić information content (AvgIpc) is 3.02. The Morgan fingerprint density at radius 3 is 2.47 bits per heavy atom. The number of amides is 4. The molecule has 0 bridgehead atoms. The first-order chi connectivity index (χ1) is 15.5. The van der Waals surface area contributed by atoms with Crippen LogP contribution in [0.1, 0.15) is 45.5 Å². The van der Waals surface area contributed by atoms with Crippen molar-refractivity contribution in [2.45, 2.75) is 31.8 Å². The second-order valence-electron chi connectivity index (χ2n) is 8.24. The summed E-state index contributed by atoms with van der Waals surface area (Å²) >= 11 is 3.33. The summed E-state index contributed by atoms with van der Waals surface area (Å²) in [5.74, 6) is -0.553. The zero-order chi connectivity index (χ0) is 22.5. The van der Waals surface area contributed by atoms with Gasteiger partial charge in [0.05, 0.1) is 11.1 Å². The quantitative estimate of drug-likeness (QED) is 0.452. The minimum Gasteiger partial charge on any atom is -0.338 e. The molecule has 0 radical (unpaired) electrons. The third kappa shape index (κ3) is 5.37. The number of hydrogen-bond acceptors (Lipinski definition) is 4. The van der Waals surface area contributed by atoms with Crippen molar-refractivity contribution in [3.05, 3.63) is 69.7 Å². The van der Waals surface area contributed by atoms with Gasteiger partial charge in [-0.1, -0.05) is 46.3 Å². The molecule has 2 aliphatic heterocycles. The monoisotopic (exact) mass is 498 g/mol. The number of nitrogens with one attached hydrogen (secondary N) is 2. The van der Waals surface area contributed by atoms with Gasteiger partial charge in [-0.2, -0.15) is 0 Å². The Morgan fingerprint density at radius 1 is 1.00 bits per heavy atom. The van der Waals surface area contributed by atoms with Crippen LogP contribution in [0.2, 0.25) is 0 Å². The lowest BCUT2D eigenvalue weighted by molar-refractivity contribution is 0.0653. The van der Waals surface area contributed by atoms with E-state index in [-0.39, 0.29) is 30.4 Å². The van der Waals surface area contributed by atoms with E-state index in [0.29, 0.717) is 24.1 Å². The van der Waals surface area contributed by atoms with E-state index in [1.165, 1.54) is 10.5 Å². The molecule has 32 heavy (non-hydrogen) atoms. The molecule has 0 aromatic heterocycles. The summed E-state index contributed by atoms with van der Waals surface area (Å²) in [5.41, 5.74) is 2.17. The van der Waals surface area contributed by atoms with Gasteiger partial charge in [0.2, 0.25) is 0 Å². The summed E-state index contributed by atoms with van der Waals surface area (Å²) in [4.78, 5) is 40.8. The van der Waals surface area contributed by atoms with Crippen LogP contribution < -0.4 is 10.6 Å². The van der Waals surface area contributed by atoms with Gasteiger partial charge in [-0.25, -0.2) is 4.79 Å². The van der Waals surface area contributed by atoms with Gasteiger partial charge in [0.15, 0.2) is 0 Å². The molecule has 1 fully saturated rings. The normalized spacial score (nSPS) is 16.8. The number of hydrogen-bond donors (Lipinski definition) is 2. The molecule has 8 heteroatoms. The Labute approximate surface area is 196 Å². The van der Waals surface area contributed by atoms with Crippen molar-refractivity contribution in [3.8, 4) is 0 Å². The van der Waals surface area contributed by atoms with Crippen LogP contribution in [0.3, 0.4) is 0 Å². The van der Waals surface area contributed by atoms with Crippen molar-refractivity contribution in [1.82, 2.24) is 20.4 Å². The average molecular weight is 499 g/mol. The van der Waals surface area contributed by atoms with Crippen LogP contribution in [0.25, 0.3) is 0 Å². The summed E-state index contributed by atoms with van der Waals surface area (Å²) in [6.07, 6.45) is 2.35. The van der Waals surface area contributed by atoms with Crippen molar-refractivity contribution in [3.63, 3.8) is 0 Å². The van der Waals surface area contributed by atoms with E-state index in [1.54, 1.807) is 18.2 Å². The molecule has 2 aliphatic rings. The van der Waals surface area contributed by atoms with Crippen LogP contribution in [-0.2, 0) is 6.54 Å². The molecule has 2 aromatic carbocycles. The zero-order valence-corrected chi connectivity index (χ0v) is 19.4. The molecular weight excluding hydrogens is 472 g/mol. The predicted molar refractivity (Wildman–Crippen MR) is 125 cm³/mol. The number of likely N-dealkylation sites (tertiary alicyclic amines) is 1. The minimum absolute atomic E-state index is 0.164. The maximum atomic E-state index is 12.5. The van der Waals surface area contributed by atoms with Crippen LogP contribution in [0.15, 0.2) is 53.0 Å². The summed E-state index contributed by atoms with van der Waals surface area (Å²) in [5, 5.41) is 5.88. The SMILES string of the molecule is O=C(NCCCN1C(=O)c2ccc(Br)cc2C1=O)NC1CCN(Cc2ccccc2)CC1. The summed E-state index contributed by atoms with van der Waals surface area (Å²) < 4.78 is 0.767. The number of imide groups is 1. The zero-order valence-electron chi connectivity index (χ0n) is 17.9. The van der Waals surface area contributed by atoms with Gasteiger partial charge in [0.25, 0.3) is 11.8 Å². The van der Waals surface area contributed by atoms with E-state index in [2.05, 4.69) is 55.7 Å². The Morgan fingerprint density at radius 2 is 1.72 bits per heavy atom. The Bertz CT molecular complexity index is 990. The second-order valence-corrected chi connectivity index (χ2v) is 9.16. The molecule has 0 spiro atoms. The molecule has 0 aliphatic carbocycles. The van der Waals surface area contributed by atoms with Crippen molar-refractivity contribution < 1.29 is 14.4 Å². The lowest BCUT2D eigenvalue weighted by Crippen LogP contribution is -2.48. The van der Waals surface area contributed by atoms with Crippen molar-refractivity contribution in [1.29, 1.82) is 0 Å². The van der Waals surface area contributed by atoms with Gasteiger partial charge in [0.1, 0.15) is 0 Å². The third-order valence-corrected chi connectivity index (χ3v) is 6.44. The van der Waals surface area contributed by atoms with Gasteiger partial charge < -0.3 is 10.6 Å². The number of benzene rings is 2. The highest BCUT2D eigenvalue weighted by Crippen LogP contribution is 2.26. The number of halogens is 1. The highest BCUT2D eigenvalue weighted by Gasteiger charge is 2.35. The molecule has 0 unspecified atom stereocenters. The number of piperidine rings is 1. The van der Waals surface area contributed by atoms with Crippen LogP contribution in [0, 0.1) is 0 Å². The summed E-state index contributed by atoms with van der Waals surface area (Å²) in [7, 11) is 0. The number of rotatable bonds is 7. The number of carbonyl (C=O) groups excluding carboxylic acids is 3. The summed E-state index contributed by atoms with van der Waals surface area (Å²) in [6.45, 7) is 3.53. The van der Waals surface area contributed by atoms with E-state index in [0.717, 1.165) is 36.9 Å². The Hall–Kier alpha value is -2.71. The number of fused-ring (bicyclic) bond motifs is 1. The highest BCUT2D eigenvalue weighted by molar-refractivity contribution is 9.10. The van der Waals surface area contributed by atoms with Crippen LogP contribution >= 0.6 is 15.9 Å². The third-order valence-electron chi connectivity index (χ3n) is 5.95. The van der Waals surface area contributed by atoms with Crippen molar-refractivity contribution in [2.75, 3.05) is 26.2 Å². The second kappa shape index (κ2) is 10.3. The van der Waals surface area contributed by atoms with E-state index in [1.807, 2.05) is 6.07 Å². The van der Waals surface area contributed by atoms with Crippen LogP contribution in [-0.4, -0.2) is 59.9 Å². The van der Waals surface area contributed by atoms with E-state index in [4.69, 9.17) is 0 Å². The molecule has 2 aromatic rings. The molecule has 0 atom stereocenters. The first-order valence-corrected chi connectivity index (χ1v) is 11.8. The van der Waals surface area contributed by atoms with Gasteiger partial charge in [0, 0.05) is 43.2 Å². The lowest BCUT2D eigenvalue weighted by atomic mass is 10.0. The van der Waals surface area contributed by atoms with Gasteiger partial charge >= 0.3 is 6.03 Å². The molecule has 7 nitrogen and oxygen atoms in total. The molecular formula is C24H27BrN4O3. The fourth-order valence-electron chi connectivity index (χ4n) is 4.22. The topological polar surface area (TPSA) is 81.8 Å². The maximum Gasteiger partial charge on any atom is 0.315 e. The molecule has 4 amide bonds. The highest BCUT2D eigenvalue weighted by atomic mass is 79.9. The smallest absolute Gasteiger partial charge is 0.315 e. The maximum absolute atomic E-state index is 12.5. The predicted octanol–water partition coefficient (Wildman–Crippen LogP) is 3.40. The van der Waals surface area contributed by atoms with Crippen molar-refractivity contribution in [2.24, 2.45) is 0 Å². The molecule has 1 saturated heterocycles. The fraction of sp³-hybridized carbons (Fsp3) is 0.375. The number of urea groups is 1. The fourth-order valence-corrected chi connectivity index (χ4v) is 4.58. The number of carbonyl (C=O) groups is 3. The Kier molecular flexibility index (Phi) is 7.22. The molecule has 4 rings (SSSR count). The van der Waals surface area contributed by atoms with E-state index >= 15 is 0 Å². The molecule has 168 valence electrons. The van der Waals surface area contributed by atoms with Gasteiger partial charge in [-0.3, -0.25) is 19.4 Å². The van der Waals surface area contributed by atoms with Gasteiger partial charge in [-0.05, 0) is 43.0 Å². The van der Waals surface area contributed by atoms with Crippen LogP contribution in [0.5, 0.6) is 0 Å². The standard InChI is InChI=1S/C24H27BrN4O3/c25-18-7-8-20-21(15-18)23(31)29(22(20)30)12-4-11-26-24(32)27-19-9-13-28(14-10-19)16-17-5-2-1-3-6-17/h1-3,5-8,15,19H,4,9-14,16H2,(H2,26,27,32). The molecule has 0 saturated carbocycles. The first kappa shape index (κ1) is 22.5. The van der Waals surface area contributed by atoms with E-state index < -0.39 is 0 Å². The van der Waals surface area contributed by atoms with E-state index in [9.17, 15) is 14.4 Å².